The van der Waals surface area contributed by atoms with Crippen molar-refractivity contribution in [3.8, 4) is 0 Å². The normalized spacial score (nSPS) is 34.8. The van der Waals surface area contributed by atoms with Crippen LogP contribution in [0.3, 0.4) is 0 Å². The Morgan fingerprint density at radius 3 is 2.45 bits per heavy atom. The van der Waals surface area contributed by atoms with E-state index in [0.29, 0.717) is 18.1 Å². The summed E-state index contributed by atoms with van der Waals surface area (Å²) < 4.78 is 0. The van der Waals surface area contributed by atoms with E-state index in [-0.39, 0.29) is 0 Å². The highest BCUT2D eigenvalue weighted by molar-refractivity contribution is 5.27. The Hall–Kier alpha value is -0.860. The molecule has 1 saturated carbocycles. The van der Waals surface area contributed by atoms with Gasteiger partial charge in [0, 0.05) is 18.1 Å². The van der Waals surface area contributed by atoms with Crippen molar-refractivity contribution in [2.24, 2.45) is 0 Å². The zero-order valence-corrected chi connectivity index (χ0v) is 13.1. The molecule has 1 N–H and O–H groups in total. The molecule has 2 nitrogen and oxygen atoms in total. The predicted molar refractivity (Wildman–Crippen MR) is 84.7 cm³/mol. The average molecular weight is 272 g/mol. The van der Waals surface area contributed by atoms with Crippen molar-refractivity contribution in [2.75, 3.05) is 0 Å². The Morgan fingerprint density at radius 2 is 1.80 bits per heavy atom. The number of piperidine rings is 1. The first-order valence-electron chi connectivity index (χ1n) is 8.24. The maximum absolute atomic E-state index is 3.80. The van der Waals surface area contributed by atoms with E-state index in [1.165, 1.54) is 43.2 Å². The van der Waals surface area contributed by atoms with Crippen LogP contribution in [0.25, 0.3) is 0 Å². The van der Waals surface area contributed by atoms with Crippen LogP contribution in [-0.2, 0) is 0 Å². The molecule has 0 amide bonds. The van der Waals surface area contributed by atoms with Gasteiger partial charge in [0.15, 0.2) is 0 Å². The lowest BCUT2D eigenvalue weighted by Gasteiger charge is -2.46. The van der Waals surface area contributed by atoms with Crippen LogP contribution in [0.1, 0.15) is 63.0 Å². The van der Waals surface area contributed by atoms with Crippen molar-refractivity contribution in [3.05, 3.63) is 35.4 Å². The Kier molecular flexibility index (Phi) is 4.13. The fraction of sp³-hybridized carbons (Fsp3) is 0.667. The number of benzene rings is 1. The molecule has 1 aromatic carbocycles. The Labute approximate surface area is 123 Å². The number of hydrogen-bond acceptors (Lipinski definition) is 2. The Bertz CT molecular complexity index is 440. The third-order valence-corrected chi connectivity index (χ3v) is 5.18. The van der Waals surface area contributed by atoms with Crippen LogP contribution >= 0.6 is 0 Å². The van der Waals surface area contributed by atoms with Gasteiger partial charge in [-0.25, -0.2) is 5.01 Å². The largest absolute Gasteiger partial charge is 0.252 e. The molecule has 110 valence electrons. The van der Waals surface area contributed by atoms with E-state index in [0.717, 1.165) is 5.92 Å². The summed E-state index contributed by atoms with van der Waals surface area (Å²) in [5.41, 5.74) is 6.72. The SMILES string of the molecule is Cc1cccc(C2CC(NN3C(C)CCCC3C)C2)c1. The van der Waals surface area contributed by atoms with Crippen molar-refractivity contribution in [3.63, 3.8) is 0 Å². The van der Waals surface area contributed by atoms with Crippen molar-refractivity contribution in [1.82, 2.24) is 10.4 Å². The van der Waals surface area contributed by atoms with Crippen LogP contribution in [0.2, 0.25) is 0 Å². The van der Waals surface area contributed by atoms with Crippen LogP contribution in [0, 0.1) is 6.92 Å². The van der Waals surface area contributed by atoms with Gasteiger partial charge in [-0.3, -0.25) is 5.43 Å². The molecule has 2 unspecified atom stereocenters. The maximum atomic E-state index is 3.80. The molecular weight excluding hydrogens is 244 g/mol. The molecule has 0 bridgehead atoms. The first-order chi connectivity index (χ1) is 9.63. The van der Waals surface area contributed by atoms with Gasteiger partial charge < -0.3 is 0 Å². The molecule has 1 aliphatic carbocycles. The molecule has 2 heteroatoms. The summed E-state index contributed by atoms with van der Waals surface area (Å²) in [6.07, 6.45) is 6.65. The van der Waals surface area contributed by atoms with Crippen molar-refractivity contribution < 1.29 is 0 Å². The number of nitrogens with zero attached hydrogens (tertiary/aromatic N) is 1. The lowest BCUT2D eigenvalue weighted by Crippen LogP contribution is -2.57. The third-order valence-electron chi connectivity index (χ3n) is 5.18. The minimum Gasteiger partial charge on any atom is -0.252 e. The molecule has 1 heterocycles. The second kappa shape index (κ2) is 5.87. The lowest BCUT2D eigenvalue weighted by atomic mass is 9.76. The minimum atomic E-state index is 0.684. The first-order valence-corrected chi connectivity index (χ1v) is 8.24. The van der Waals surface area contributed by atoms with E-state index in [1.807, 2.05) is 0 Å². The summed E-state index contributed by atoms with van der Waals surface area (Å²) in [5.74, 6) is 0.766. The van der Waals surface area contributed by atoms with Gasteiger partial charge in [-0.15, -0.1) is 0 Å². The highest BCUT2D eigenvalue weighted by Crippen LogP contribution is 2.38. The smallest absolute Gasteiger partial charge is 0.0227 e. The molecule has 1 saturated heterocycles. The van der Waals surface area contributed by atoms with E-state index >= 15 is 0 Å². The van der Waals surface area contributed by atoms with Crippen molar-refractivity contribution in [2.45, 2.75) is 76.9 Å². The summed E-state index contributed by atoms with van der Waals surface area (Å²) in [7, 11) is 0. The highest BCUT2D eigenvalue weighted by Gasteiger charge is 2.34. The molecule has 20 heavy (non-hydrogen) atoms. The van der Waals surface area contributed by atoms with Crippen LogP contribution in [-0.4, -0.2) is 23.1 Å². The second-order valence-corrected chi connectivity index (χ2v) is 6.94. The van der Waals surface area contributed by atoms with Gasteiger partial charge in [-0.1, -0.05) is 36.2 Å². The molecule has 2 fully saturated rings. The summed E-state index contributed by atoms with van der Waals surface area (Å²) in [4.78, 5) is 0. The van der Waals surface area contributed by atoms with Gasteiger partial charge in [0.2, 0.25) is 0 Å². The van der Waals surface area contributed by atoms with Crippen molar-refractivity contribution in [1.29, 1.82) is 0 Å². The van der Waals surface area contributed by atoms with Crippen LogP contribution < -0.4 is 5.43 Å². The highest BCUT2D eigenvalue weighted by atomic mass is 15.5. The third kappa shape index (κ3) is 2.91. The molecule has 0 radical (unpaired) electrons. The monoisotopic (exact) mass is 272 g/mol. The first kappa shape index (κ1) is 14.1. The minimum absolute atomic E-state index is 0.684. The maximum Gasteiger partial charge on any atom is 0.0227 e. The van der Waals surface area contributed by atoms with Gasteiger partial charge in [-0.05, 0) is 57.9 Å². The van der Waals surface area contributed by atoms with Gasteiger partial charge >= 0.3 is 0 Å². The zero-order chi connectivity index (χ0) is 14.1. The fourth-order valence-corrected chi connectivity index (χ4v) is 3.81. The summed E-state index contributed by atoms with van der Waals surface area (Å²) in [6, 6.07) is 11.1. The molecule has 0 aromatic heterocycles. The molecule has 2 atom stereocenters. The van der Waals surface area contributed by atoms with Crippen LogP contribution in [0.4, 0.5) is 0 Å². The van der Waals surface area contributed by atoms with Crippen LogP contribution in [0.15, 0.2) is 24.3 Å². The molecule has 2 aliphatic rings. The summed E-state index contributed by atoms with van der Waals surface area (Å²) in [6.45, 7) is 6.91. The average Bonchev–Trinajstić information content (AvgIpc) is 2.36. The number of rotatable bonds is 3. The summed E-state index contributed by atoms with van der Waals surface area (Å²) in [5, 5.41) is 2.53. The zero-order valence-electron chi connectivity index (χ0n) is 13.1. The second-order valence-electron chi connectivity index (χ2n) is 6.94. The van der Waals surface area contributed by atoms with Gasteiger partial charge in [0.05, 0.1) is 0 Å². The van der Waals surface area contributed by atoms with Crippen molar-refractivity contribution >= 4 is 0 Å². The number of nitrogens with one attached hydrogen (secondary N) is 1. The number of hydrogen-bond donors (Lipinski definition) is 1. The van der Waals surface area contributed by atoms with E-state index in [1.54, 1.807) is 0 Å². The fourth-order valence-electron chi connectivity index (χ4n) is 3.81. The molecule has 3 rings (SSSR count). The van der Waals surface area contributed by atoms with E-state index in [9.17, 15) is 0 Å². The molecule has 1 aliphatic heterocycles. The topological polar surface area (TPSA) is 15.3 Å². The number of hydrazine groups is 1. The van der Waals surface area contributed by atoms with Gasteiger partial charge in [0.25, 0.3) is 0 Å². The molecule has 0 spiro atoms. The molecule has 1 aromatic rings. The van der Waals surface area contributed by atoms with Crippen LogP contribution in [0.5, 0.6) is 0 Å². The Morgan fingerprint density at radius 1 is 1.10 bits per heavy atom. The quantitative estimate of drug-likeness (QED) is 0.894. The predicted octanol–water partition coefficient (Wildman–Crippen LogP) is 4.01. The van der Waals surface area contributed by atoms with E-state index in [2.05, 4.69) is 55.5 Å². The summed E-state index contributed by atoms with van der Waals surface area (Å²) >= 11 is 0. The van der Waals surface area contributed by atoms with E-state index in [4.69, 9.17) is 0 Å². The molecular formula is C18H28N2. The van der Waals surface area contributed by atoms with Gasteiger partial charge in [-0.2, -0.15) is 0 Å². The number of aryl methyl sites for hydroxylation is 1. The lowest BCUT2D eigenvalue weighted by molar-refractivity contribution is 0.0107. The van der Waals surface area contributed by atoms with E-state index < -0.39 is 0 Å². The standard InChI is InChI=1S/C18H28N2/c1-13-6-4-9-16(10-13)17-11-18(12-17)19-20-14(2)7-5-8-15(20)3/h4,6,9-10,14-15,17-19H,5,7-8,11-12H2,1-3H3. The van der Waals surface area contributed by atoms with Gasteiger partial charge in [0.1, 0.15) is 0 Å². The Balaban J connectivity index is 1.53.